The van der Waals surface area contributed by atoms with Gasteiger partial charge in [-0.05, 0) is 25.8 Å². The molecule has 2 N–H and O–H groups in total. The van der Waals surface area contributed by atoms with Crippen LogP contribution in [-0.4, -0.2) is 38.3 Å². The minimum Gasteiger partial charge on any atom is -0.378 e. The average molecular weight is 211 g/mol. The van der Waals surface area contributed by atoms with Crippen LogP contribution in [0.2, 0.25) is 0 Å². The number of carbonyl (C=O) groups is 1. The Morgan fingerprint density at radius 2 is 2.47 bits per heavy atom. The standard InChI is InChI=1S/C10H17N3O2/c11-4-6-13-10(14)8-12-5-3-9-2-1-7-15-9/h9,12H,1-3,5-8H2,(H,13,14). The molecule has 0 spiro atoms. The summed E-state index contributed by atoms with van der Waals surface area (Å²) in [7, 11) is 0. The van der Waals surface area contributed by atoms with Gasteiger partial charge < -0.3 is 15.4 Å². The van der Waals surface area contributed by atoms with Crippen molar-refractivity contribution >= 4 is 5.91 Å². The van der Waals surface area contributed by atoms with E-state index >= 15 is 0 Å². The van der Waals surface area contributed by atoms with E-state index in [0.29, 0.717) is 6.10 Å². The summed E-state index contributed by atoms with van der Waals surface area (Å²) in [6.45, 7) is 2.00. The molecule has 5 nitrogen and oxygen atoms in total. The van der Waals surface area contributed by atoms with Gasteiger partial charge in [0.2, 0.25) is 5.91 Å². The third kappa shape index (κ3) is 5.35. The van der Waals surface area contributed by atoms with Gasteiger partial charge in [0.05, 0.1) is 18.7 Å². The van der Waals surface area contributed by atoms with E-state index in [0.717, 1.165) is 32.4 Å². The van der Waals surface area contributed by atoms with Crippen LogP contribution in [0.4, 0.5) is 0 Å². The molecule has 0 aromatic heterocycles. The number of nitrogens with zero attached hydrogens (tertiary/aromatic N) is 1. The topological polar surface area (TPSA) is 74.2 Å². The number of amides is 1. The van der Waals surface area contributed by atoms with Gasteiger partial charge >= 0.3 is 0 Å². The molecule has 1 fully saturated rings. The van der Waals surface area contributed by atoms with E-state index in [1.165, 1.54) is 0 Å². The van der Waals surface area contributed by atoms with Crippen molar-refractivity contribution in [2.24, 2.45) is 0 Å². The minimum absolute atomic E-state index is 0.0756. The monoisotopic (exact) mass is 211 g/mol. The molecule has 0 aromatic carbocycles. The Morgan fingerprint density at radius 1 is 1.60 bits per heavy atom. The van der Waals surface area contributed by atoms with Crippen molar-refractivity contribution in [1.29, 1.82) is 5.26 Å². The van der Waals surface area contributed by atoms with Gasteiger partial charge in [-0.15, -0.1) is 0 Å². The second-order valence-corrected chi connectivity index (χ2v) is 3.54. The second-order valence-electron chi connectivity index (χ2n) is 3.54. The highest BCUT2D eigenvalue weighted by Gasteiger charge is 2.14. The predicted molar refractivity (Wildman–Crippen MR) is 55.1 cm³/mol. The van der Waals surface area contributed by atoms with Gasteiger partial charge in [-0.25, -0.2) is 0 Å². The third-order valence-electron chi connectivity index (χ3n) is 2.32. The molecule has 1 atom stereocenters. The molecule has 1 rings (SSSR count). The van der Waals surface area contributed by atoms with Crippen molar-refractivity contribution in [3.63, 3.8) is 0 Å². The SMILES string of the molecule is N#CCNC(=O)CNCCC1CCCO1. The number of nitrogens with one attached hydrogen (secondary N) is 2. The van der Waals surface area contributed by atoms with E-state index in [-0.39, 0.29) is 19.0 Å². The van der Waals surface area contributed by atoms with E-state index < -0.39 is 0 Å². The van der Waals surface area contributed by atoms with E-state index in [9.17, 15) is 4.79 Å². The number of ether oxygens (including phenoxy) is 1. The Balaban J connectivity index is 1.92. The highest BCUT2D eigenvalue weighted by molar-refractivity contribution is 5.78. The molecule has 1 saturated heterocycles. The number of rotatable bonds is 6. The van der Waals surface area contributed by atoms with Crippen molar-refractivity contribution < 1.29 is 9.53 Å². The van der Waals surface area contributed by atoms with Crippen LogP contribution in [0.3, 0.4) is 0 Å². The van der Waals surface area contributed by atoms with Gasteiger partial charge in [0, 0.05) is 6.61 Å². The normalized spacial score (nSPS) is 19.8. The first-order chi connectivity index (χ1) is 7.33. The Bertz CT molecular complexity index is 231. The van der Waals surface area contributed by atoms with Crippen LogP contribution in [0.5, 0.6) is 0 Å². The third-order valence-corrected chi connectivity index (χ3v) is 2.32. The summed E-state index contributed by atoms with van der Waals surface area (Å²) >= 11 is 0. The number of nitriles is 1. The lowest BCUT2D eigenvalue weighted by molar-refractivity contribution is -0.120. The van der Waals surface area contributed by atoms with E-state index in [1.807, 2.05) is 6.07 Å². The molecule has 15 heavy (non-hydrogen) atoms. The van der Waals surface area contributed by atoms with Crippen LogP contribution >= 0.6 is 0 Å². The molecule has 0 radical (unpaired) electrons. The maximum absolute atomic E-state index is 11.0. The molecule has 1 unspecified atom stereocenters. The van der Waals surface area contributed by atoms with Crippen LogP contribution < -0.4 is 10.6 Å². The molecular weight excluding hydrogens is 194 g/mol. The molecule has 1 heterocycles. The second kappa shape index (κ2) is 7.21. The Morgan fingerprint density at radius 3 is 3.13 bits per heavy atom. The van der Waals surface area contributed by atoms with Gasteiger partial charge in [-0.2, -0.15) is 5.26 Å². The van der Waals surface area contributed by atoms with Gasteiger partial charge in [-0.3, -0.25) is 4.79 Å². The Hall–Kier alpha value is -1.12. The Kier molecular flexibility index (Phi) is 5.74. The highest BCUT2D eigenvalue weighted by Crippen LogP contribution is 2.14. The average Bonchev–Trinajstić information content (AvgIpc) is 2.74. The van der Waals surface area contributed by atoms with Crippen LogP contribution in [0.25, 0.3) is 0 Å². The van der Waals surface area contributed by atoms with Crippen LogP contribution in [0.15, 0.2) is 0 Å². The fraction of sp³-hybridized carbons (Fsp3) is 0.800. The van der Waals surface area contributed by atoms with Gasteiger partial charge in [0.25, 0.3) is 0 Å². The van der Waals surface area contributed by atoms with Crippen molar-refractivity contribution in [3.8, 4) is 6.07 Å². The largest absolute Gasteiger partial charge is 0.378 e. The molecule has 0 bridgehead atoms. The fourth-order valence-electron chi connectivity index (χ4n) is 1.54. The summed E-state index contributed by atoms with van der Waals surface area (Å²) in [5.74, 6) is -0.135. The first-order valence-corrected chi connectivity index (χ1v) is 5.29. The molecular formula is C10H17N3O2. The minimum atomic E-state index is -0.135. The molecule has 1 aliphatic rings. The van der Waals surface area contributed by atoms with Crippen molar-refractivity contribution in [2.75, 3.05) is 26.2 Å². The molecule has 1 amide bonds. The number of hydrogen-bond donors (Lipinski definition) is 2. The van der Waals surface area contributed by atoms with Gasteiger partial charge in [0.1, 0.15) is 6.54 Å². The smallest absolute Gasteiger partial charge is 0.234 e. The lowest BCUT2D eigenvalue weighted by atomic mass is 10.2. The Labute approximate surface area is 89.8 Å². The van der Waals surface area contributed by atoms with Crippen LogP contribution in [-0.2, 0) is 9.53 Å². The van der Waals surface area contributed by atoms with Crippen molar-refractivity contribution in [3.05, 3.63) is 0 Å². The van der Waals surface area contributed by atoms with Gasteiger partial charge in [0.15, 0.2) is 0 Å². The fourth-order valence-corrected chi connectivity index (χ4v) is 1.54. The maximum atomic E-state index is 11.0. The molecule has 0 saturated carbocycles. The van der Waals surface area contributed by atoms with Crippen molar-refractivity contribution in [2.45, 2.75) is 25.4 Å². The first-order valence-electron chi connectivity index (χ1n) is 5.29. The number of hydrogen-bond acceptors (Lipinski definition) is 4. The first kappa shape index (κ1) is 12.0. The van der Waals surface area contributed by atoms with E-state index in [1.54, 1.807) is 0 Å². The summed E-state index contributed by atoms with van der Waals surface area (Å²) in [6, 6.07) is 1.85. The molecule has 0 aromatic rings. The predicted octanol–water partition coefficient (Wildman–Crippen LogP) is -0.215. The molecule has 84 valence electrons. The number of carbonyl (C=O) groups excluding carboxylic acids is 1. The van der Waals surface area contributed by atoms with Crippen LogP contribution in [0, 0.1) is 11.3 Å². The quantitative estimate of drug-likeness (QED) is 0.471. The zero-order valence-electron chi connectivity index (χ0n) is 8.79. The summed E-state index contributed by atoms with van der Waals surface area (Å²) in [6.07, 6.45) is 3.58. The zero-order valence-corrected chi connectivity index (χ0v) is 8.79. The summed E-state index contributed by atoms with van der Waals surface area (Å²) in [5.41, 5.74) is 0. The zero-order chi connectivity index (χ0) is 10.9. The van der Waals surface area contributed by atoms with E-state index in [2.05, 4.69) is 10.6 Å². The highest BCUT2D eigenvalue weighted by atomic mass is 16.5. The summed E-state index contributed by atoms with van der Waals surface area (Å²) in [4.78, 5) is 11.0. The maximum Gasteiger partial charge on any atom is 0.234 e. The molecule has 5 heteroatoms. The van der Waals surface area contributed by atoms with E-state index in [4.69, 9.17) is 10.00 Å². The van der Waals surface area contributed by atoms with Crippen molar-refractivity contribution in [1.82, 2.24) is 10.6 Å². The molecule has 1 aliphatic heterocycles. The lowest BCUT2D eigenvalue weighted by Gasteiger charge is -2.09. The lowest BCUT2D eigenvalue weighted by Crippen LogP contribution is -2.35. The molecule has 0 aliphatic carbocycles. The van der Waals surface area contributed by atoms with Gasteiger partial charge in [-0.1, -0.05) is 0 Å². The van der Waals surface area contributed by atoms with Crippen LogP contribution in [0.1, 0.15) is 19.3 Å². The summed E-state index contributed by atoms with van der Waals surface area (Å²) < 4.78 is 5.44. The summed E-state index contributed by atoms with van der Waals surface area (Å²) in [5, 5.41) is 13.7.